The van der Waals surface area contributed by atoms with Gasteiger partial charge in [0, 0.05) is 29.2 Å². The largest absolute Gasteiger partial charge is 0.416 e. The molecule has 0 unspecified atom stereocenters. The third-order valence-corrected chi connectivity index (χ3v) is 4.27. The van der Waals surface area contributed by atoms with Crippen LogP contribution < -0.4 is 16.0 Å². The summed E-state index contributed by atoms with van der Waals surface area (Å²) in [5.74, 6) is -0.938. The maximum atomic E-state index is 12.7. The molecule has 0 aliphatic heterocycles. The summed E-state index contributed by atoms with van der Waals surface area (Å²) < 4.78 is 38.8. The summed E-state index contributed by atoms with van der Waals surface area (Å²) in [6, 6.07) is 8.72. The summed E-state index contributed by atoms with van der Waals surface area (Å²) >= 11 is 3.24. The van der Waals surface area contributed by atoms with Crippen molar-refractivity contribution in [2.75, 3.05) is 25.0 Å². The summed E-state index contributed by atoms with van der Waals surface area (Å²) in [6.07, 6.45) is -4.70. The van der Waals surface area contributed by atoms with Crippen LogP contribution in [-0.4, -0.2) is 36.4 Å². The monoisotopic (exact) mass is 488 g/mol. The van der Waals surface area contributed by atoms with Crippen LogP contribution >= 0.6 is 15.9 Å². The van der Waals surface area contributed by atoms with Crippen LogP contribution in [0.4, 0.5) is 24.5 Å². The van der Waals surface area contributed by atoms with E-state index < -0.39 is 34.2 Å². The summed E-state index contributed by atoms with van der Waals surface area (Å²) in [4.78, 5) is 33.8. The van der Waals surface area contributed by atoms with Crippen molar-refractivity contribution in [2.45, 2.75) is 6.18 Å². The normalized spacial score (nSPS) is 10.9. The van der Waals surface area contributed by atoms with Crippen LogP contribution in [0, 0.1) is 10.1 Å². The van der Waals surface area contributed by atoms with Gasteiger partial charge in [0.2, 0.25) is 5.91 Å². The minimum Gasteiger partial charge on any atom is -0.378 e. The number of anilines is 1. The van der Waals surface area contributed by atoms with Gasteiger partial charge in [-0.05, 0) is 30.3 Å². The van der Waals surface area contributed by atoms with Crippen molar-refractivity contribution >= 4 is 39.1 Å². The van der Waals surface area contributed by atoms with Gasteiger partial charge in [-0.2, -0.15) is 13.2 Å². The zero-order valence-electron chi connectivity index (χ0n) is 15.3. The zero-order valence-corrected chi connectivity index (χ0v) is 16.8. The summed E-state index contributed by atoms with van der Waals surface area (Å²) in [5, 5.41) is 18.5. The first-order chi connectivity index (χ1) is 14.1. The summed E-state index contributed by atoms with van der Waals surface area (Å²) in [6.45, 7) is -0.229. The fraction of sp³-hybridized carbons (Fsp3) is 0.222. The highest BCUT2D eigenvalue weighted by Gasteiger charge is 2.33. The van der Waals surface area contributed by atoms with Crippen molar-refractivity contribution < 1.29 is 27.7 Å². The summed E-state index contributed by atoms with van der Waals surface area (Å²) in [7, 11) is 0. The standard InChI is InChI=1S/C18H16BrF3N4O4/c19-13-3-1-2-11(8-13)17(28)25-10-16(27)24-7-6-23-14-5-4-12(18(20,21)22)9-15(14)26(29)30/h1-5,8-9,23H,6-7,10H2,(H,24,27)(H,25,28). The van der Waals surface area contributed by atoms with E-state index in [0.29, 0.717) is 16.1 Å². The molecule has 2 rings (SSSR count). The van der Waals surface area contributed by atoms with Gasteiger partial charge in [-0.3, -0.25) is 19.7 Å². The highest BCUT2D eigenvalue weighted by atomic mass is 79.9. The lowest BCUT2D eigenvalue weighted by Gasteiger charge is -2.11. The molecular formula is C18H16BrF3N4O4. The Hall–Kier alpha value is -3.15. The van der Waals surface area contributed by atoms with E-state index in [4.69, 9.17) is 0 Å². The Morgan fingerprint density at radius 1 is 1.07 bits per heavy atom. The van der Waals surface area contributed by atoms with Crippen LogP contribution in [0.25, 0.3) is 0 Å². The molecule has 2 aromatic rings. The number of nitro benzene ring substituents is 1. The molecule has 0 radical (unpaired) electrons. The quantitative estimate of drug-likeness (QED) is 0.299. The van der Waals surface area contributed by atoms with E-state index in [0.717, 1.165) is 12.1 Å². The first-order valence-corrected chi connectivity index (χ1v) is 9.27. The smallest absolute Gasteiger partial charge is 0.378 e. The van der Waals surface area contributed by atoms with Gasteiger partial charge < -0.3 is 16.0 Å². The van der Waals surface area contributed by atoms with E-state index in [1.165, 1.54) is 0 Å². The van der Waals surface area contributed by atoms with Crippen molar-refractivity contribution in [1.29, 1.82) is 0 Å². The van der Waals surface area contributed by atoms with E-state index in [9.17, 15) is 32.9 Å². The number of halogens is 4. The van der Waals surface area contributed by atoms with Gasteiger partial charge in [0.1, 0.15) is 5.69 Å². The lowest BCUT2D eigenvalue weighted by Crippen LogP contribution is -2.38. The Bertz CT molecular complexity index is 953. The number of nitrogens with zero attached hydrogens (tertiary/aromatic N) is 1. The molecule has 0 aliphatic rings. The Morgan fingerprint density at radius 2 is 1.80 bits per heavy atom. The maximum Gasteiger partial charge on any atom is 0.416 e. The molecule has 0 atom stereocenters. The Morgan fingerprint density at radius 3 is 2.43 bits per heavy atom. The van der Waals surface area contributed by atoms with Crippen molar-refractivity contribution in [3.8, 4) is 0 Å². The highest BCUT2D eigenvalue weighted by molar-refractivity contribution is 9.10. The van der Waals surface area contributed by atoms with Gasteiger partial charge >= 0.3 is 6.18 Å². The number of hydrogen-bond acceptors (Lipinski definition) is 5. The molecule has 0 heterocycles. The number of hydrogen-bond donors (Lipinski definition) is 3. The third kappa shape index (κ3) is 6.72. The Balaban J connectivity index is 1.81. The van der Waals surface area contributed by atoms with Crippen molar-refractivity contribution in [3.63, 3.8) is 0 Å². The van der Waals surface area contributed by atoms with E-state index in [-0.39, 0.29) is 25.3 Å². The molecule has 0 bridgehead atoms. The molecule has 0 spiro atoms. The SMILES string of the molecule is O=C(CNC(=O)c1cccc(Br)c1)NCCNc1ccc(C(F)(F)F)cc1[N+](=O)[O-]. The molecular weight excluding hydrogens is 473 g/mol. The molecule has 12 heteroatoms. The zero-order chi connectivity index (χ0) is 22.3. The molecule has 2 amide bonds. The fourth-order valence-corrected chi connectivity index (χ4v) is 2.76. The van der Waals surface area contributed by atoms with E-state index in [2.05, 4.69) is 31.9 Å². The predicted molar refractivity (Wildman–Crippen MR) is 106 cm³/mol. The van der Waals surface area contributed by atoms with Gasteiger partial charge in [0.05, 0.1) is 17.0 Å². The minimum absolute atomic E-state index is 0.0253. The second-order valence-electron chi connectivity index (χ2n) is 5.96. The first kappa shape index (κ1) is 23.1. The molecule has 0 aromatic heterocycles. The molecule has 0 saturated heterocycles. The van der Waals surface area contributed by atoms with Crippen LogP contribution in [-0.2, 0) is 11.0 Å². The van der Waals surface area contributed by atoms with Crippen LogP contribution in [0.1, 0.15) is 15.9 Å². The lowest BCUT2D eigenvalue weighted by molar-refractivity contribution is -0.384. The molecule has 0 saturated carbocycles. The number of alkyl halides is 3. The van der Waals surface area contributed by atoms with Crippen LogP contribution in [0.2, 0.25) is 0 Å². The molecule has 30 heavy (non-hydrogen) atoms. The highest BCUT2D eigenvalue weighted by Crippen LogP contribution is 2.34. The molecule has 8 nitrogen and oxygen atoms in total. The van der Waals surface area contributed by atoms with Crippen LogP contribution in [0.15, 0.2) is 46.9 Å². The number of carbonyl (C=O) groups excluding carboxylic acids is 2. The van der Waals surface area contributed by atoms with Gasteiger partial charge in [0.15, 0.2) is 0 Å². The van der Waals surface area contributed by atoms with E-state index in [1.807, 2.05) is 0 Å². The van der Waals surface area contributed by atoms with Crippen LogP contribution in [0.3, 0.4) is 0 Å². The first-order valence-electron chi connectivity index (χ1n) is 8.48. The third-order valence-electron chi connectivity index (χ3n) is 3.78. The average molecular weight is 489 g/mol. The van der Waals surface area contributed by atoms with Crippen molar-refractivity contribution in [2.24, 2.45) is 0 Å². The van der Waals surface area contributed by atoms with Gasteiger partial charge in [-0.25, -0.2) is 0 Å². The Kier molecular flexibility index (Phi) is 7.75. The number of amides is 2. The number of benzene rings is 2. The molecule has 160 valence electrons. The number of rotatable bonds is 8. The van der Waals surface area contributed by atoms with E-state index in [1.54, 1.807) is 24.3 Å². The minimum atomic E-state index is -4.70. The molecule has 0 fully saturated rings. The maximum absolute atomic E-state index is 12.7. The van der Waals surface area contributed by atoms with Gasteiger partial charge in [-0.15, -0.1) is 0 Å². The fourth-order valence-electron chi connectivity index (χ4n) is 2.36. The average Bonchev–Trinajstić information content (AvgIpc) is 2.68. The number of nitrogens with one attached hydrogen (secondary N) is 3. The molecule has 2 aromatic carbocycles. The van der Waals surface area contributed by atoms with E-state index >= 15 is 0 Å². The second-order valence-corrected chi connectivity index (χ2v) is 6.87. The number of nitro groups is 1. The molecule has 3 N–H and O–H groups in total. The van der Waals surface area contributed by atoms with Crippen molar-refractivity contribution in [3.05, 3.63) is 68.2 Å². The van der Waals surface area contributed by atoms with Gasteiger partial charge in [0.25, 0.3) is 11.6 Å². The topological polar surface area (TPSA) is 113 Å². The number of carbonyl (C=O) groups is 2. The summed E-state index contributed by atoms with van der Waals surface area (Å²) in [5.41, 5.74) is -1.59. The second kappa shape index (κ2) is 10.1. The molecule has 0 aliphatic carbocycles. The van der Waals surface area contributed by atoms with Crippen LogP contribution in [0.5, 0.6) is 0 Å². The predicted octanol–water partition coefficient (Wildman–Crippen LogP) is 3.33. The lowest BCUT2D eigenvalue weighted by atomic mass is 10.1. The Labute approximate surface area is 177 Å². The van der Waals surface area contributed by atoms with Crippen molar-refractivity contribution in [1.82, 2.24) is 10.6 Å². The van der Waals surface area contributed by atoms with Gasteiger partial charge in [-0.1, -0.05) is 22.0 Å².